The highest BCUT2D eigenvalue weighted by Crippen LogP contribution is 2.33. The summed E-state index contributed by atoms with van der Waals surface area (Å²) in [6.45, 7) is 3.88. The molecule has 6 nitrogen and oxygen atoms in total. The van der Waals surface area contributed by atoms with Crippen molar-refractivity contribution in [3.8, 4) is 0 Å². The summed E-state index contributed by atoms with van der Waals surface area (Å²) in [6.07, 6.45) is 7.53. The van der Waals surface area contributed by atoms with Gasteiger partial charge in [-0.2, -0.15) is 0 Å². The van der Waals surface area contributed by atoms with Gasteiger partial charge in [-0.15, -0.1) is 0 Å². The number of amides is 3. The quantitative estimate of drug-likeness (QED) is 0.524. The van der Waals surface area contributed by atoms with E-state index in [1.165, 1.54) is 44.5 Å². The van der Waals surface area contributed by atoms with Crippen molar-refractivity contribution in [1.29, 1.82) is 0 Å². The second-order valence-corrected chi connectivity index (χ2v) is 10.6. The van der Waals surface area contributed by atoms with Crippen LogP contribution in [0.25, 0.3) is 6.08 Å². The van der Waals surface area contributed by atoms with Crippen molar-refractivity contribution >= 4 is 34.9 Å². The van der Waals surface area contributed by atoms with E-state index in [0.717, 1.165) is 42.6 Å². The fourth-order valence-electron chi connectivity index (χ4n) is 5.27. The van der Waals surface area contributed by atoms with Crippen LogP contribution in [0.15, 0.2) is 53.4 Å². The number of hydrogen-bond donors (Lipinski definition) is 0. The number of nitrogens with zero attached hydrogens (tertiary/aromatic N) is 3. The third-order valence-electron chi connectivity index (χ3n) is 7.19. The lowest BCUT2D eigenvalue weighted by Crippen LogP contribution is -2.48. The molecule has 0 N–H and O–H groups in total. The summed E-state index contributed by atoms with van der Waals surface area (Å²) in [5.41, 5.74) is 1.83. The Bertz CT molecular complexity index is 1190. The van der Waals surface area contributed by atoms with Crippen molar-refractivity contribution in [3.63, 3.8) is 0 Å². The highest BCUT2D eigenvalue weighted by molar-refractivity contribution is 8.18. The molecule has 188 valence electrons. The number of hydrogen-bond acceptors (Lipinski definition) is 5. The summed E-state index contributed by atoms with van der Waals surface area (Å²) in [5, 5.41) is -0.390. The number of likely N-dealkylation sites (tertiary alicyclic amines) is 2. The van der Waals surface area contributed by atoms with Crippen molar-refractivity contribution in [2.75, 3.05) is 26.2 Å². The normalized spacial score (nSPS) is 21.0. The Hall–Kier alpha value is -2.97. The first-order chi connectivity index (χ1) is 17.5. The minimum absolute atomic E-state index is 0.00144. The van der Waals surface area contributed by atoms with E-state index < -0.39 is 11.7 Å². The van der Waals surface area contributed by atoms with Crippen LogP contribution < -0.4 is 0 Å². The Morgan fingerprint density at radius 1 is 0.972 bits per heavy atom. The van der Waals surface area contributed by atoms with Crippen LogP contribution in [0.3, 0.4) is 0 Å². The molecule has 0 aromatic heterocycles. The summed E-state index contributed by atoms with van der Waals surface area (Å²) in [7, 11) is 0. The molecule has 2 aromatic carbocycles. The summed E-state index contributed by atoms with van der Waals surface area (Å²) in [5.74, 6) is -0.820. The van der Waals surface area contributed by atoms with Gasteiger partial charge in [-0.05, 0) is 92.0 Å². The van der Waals surface area contributed by atoms with Gasteiger partial charge < -0.3 is 9.80 Å². The number of carbonyl (C=O) groups is 3. The van der Waals surface area contributed by atoms with Crippen molar-refractivity contribution in [3.05, 3.63) is 75.9 Å². The van der Waals surface area contributed by atoms with Gasteiger partial charge in [0.25, 0.3) is 17.1 Å². The SMILES string of the molecule is O=C(c1cccc(/C=C2\SC(=O)N(Cc3cccc(F)c3)C2=O)c1)N1CCC(N2CCCCC2)CC1. The number of rotatable bonds is 5. The van der Waals surface area contributed by atoms with Crippen molar-refractivity contribution in [2.24, 2.45) is 0 Å². The number of piperidine rings is 2. The first-order valence-electron chi connectivity index (χ1n) is 12.6. The van der Waals surface area contributed by atoms with Gasteiger partial charge in [0.15, 0.2) is 0 Å². The molecule has 3 heterocycles. The topological polar surface area (TPSA) is 60.9 Å². The predicted octanol–water partition coefficient (Wildman–Crippen LogP) is 5.15. The summed E-state index contributed by atoms with van der Waals surface area (Å²) in [6, 6.07) is 13.6. The number of carbonyl (C=O) groups excluding carboxylic acids is 3. The second kappa shape index (κ2) is 11.0. The van der Waals surface area contributed by atoms with Crippen molar-refractivity contribution in [2.45, 2.75) is 44.7 Å². The molecule has 2 aromatic rings. The van der Waals surface area contributed by atoms with Gasteiger partial charge in [0.05, 0.1) is 11.4 Å². The molecule has 3 aliphatic rings. The van der Waals surface area contributed by atoms with Gasteiger partial charge >= 0.3 is 0 Å². The third kappa shape index (κ3) is 5.55. The van der Waals surface area contributed by atoms with E-state index in [1.807, 2.05) is 11.0 Å². The van der Waals surface area contributed by atoms with Crippen LogP contribution in [0.4, 0.5) is 9.18 Å². The summed E-state index contributed by atoms with van der Waals surface area (Å²) in [4.78, 5) is 44.5. The monoisotopic (exact) mass is 507 g/mol. The Balaban J connectivity index is 1.23. The Morgan fingerprint density at radius 2 is 1.72 bits per heavy atom. The summed E-state index contributed by atoms with van der Waals surface area (Å²) < 4.78 is 13.5. The van der Waals surface area contributed by atoms with Crippen LogP contribution in [0, 0.1) is 5.82 Å². The zero-order valence-electron chi connectivity index (χ0n) is 20.2. The highest BCUT2D eigenvalue weighted by Gasteiger charge is 2.35. The zero-order valence-corrected chi connectivity index (χ0v) is 21.0. The zero-order chi connectivity index (χ0) is 25.1. The first-order valence-corrected chi connectivity index (χ1v) is 13.4. The lowest BCUT2D eigenvalue weighted by Gasteiger charge is -2.40. The van der Waals surface area contributed by atoms with Crippen LogP contribution in [-0.4, -0.2) is 64.0 Å². The van der Waals surface area contributed by atoms with Crippen LogP contribution >= 0.6 is 11.8 Å². The molecule has 0 saturated carbocycles. The molecule has 8 heteroatoms. The molecule has 3 aliphatic heterocycles. The van der Waals surface area contributed by atoms with Gasteiger partial charge in [-0.1, -0.05) is 30.7 Å². The minimum atomic E-state index is -0.411. The smallest absolute Gasteiger partial charge is 0.293 e. The van der Waals surface area contributed by atoms with Gasteiger partial charge in [-0.3, -0.25) is 19.3 Å². The van der Waals surface area contributed by atoms with Gasteiger partial charge in [0.1, 0.15) is 5.82 Å². The molecule has 0 unspecified atom stereocenters. The first kappa shape index (κ1) is 24.7. The predicted molar refractivity (Wildman–Crippen MR) is 139 cm³/mol. The molecule has 36 heavy (non-hydrogen) atoms. The highest BCUT2D eigenvalue weighted by atomic mass is 32.2. The van der Waals surface area contributed by atoms with E-state index in [0.29, 0.717) is 27.6 Å². The maximum atomic E-state index is 13.5. The third-order valence-corrected chi connectivity index (χ3v) is 8.10. The van der Waals surface area contributed by atoms with Crippen LogP contribution in [0.1, 0.15) is 53.6 Å². The lowest BCUT2D eigenvalue weighted by molar-refractivity contribution is -0.123. The van der Waals surface area contributed by atoms with Gasteiger partial charge in [-0.25, -0.2) is 4.39 Å². The maximum Gasteiger partial charge on any atom is 0.293 e. The van der Waals surface area contributed by atoms with E-state index in [2.05, 4.69) is 4.90 Å². The number of halogens is 1. The standard InChI is InChI=1S/C28H30FN3O3S/c29-23-9-5-7-21(17-23)19-32-27(34)25(36-28(32)35)18-20-6-4-8-22(16-20)26(33)31-14-10-24(11-15-31)30-12-2-1-3-13-30/h4-9,16-18,24H,1-3,10-15,19H2/b25-18-. The molecule has 0 spiro atoms. The Morgan fingerprint density at radius 3 is 2.47 bits per heavy atom. The van der Waals surface area contributed by atoms with Gasteiger partial charge in [0.2, 0.25) is 0 Å². The average Bonchev–Trinajstić information content (AvgIpc) is 3.16. The number of imide groups is 1. The molecular weight excluding hydrogens is 477 g/mol. The van der Waals surface area contributed by atoms with E-state index in [4.69, 9.17) is 0 Å². The number of thioether (sulfide) groups is 1. The summed E-state index contributed by atoms with van der Waals surface area (Å²) >= 11 is 0.861. The molecule has 3 amide bonds. The van der Waals surface area contributed by atoms with Crippen molar-refractivity contribution < 1.29 is 18.8 Å². The minimum Gasteiger partial charge on any atom is -0.339 e. The Kier molecular flexibility index (Phi) is 7.53. The Labute approximate surface area is 215 Å². The van der Waals surface area contributed by atoms with Gasteiger partial charge in [0, 0.05) is 24.7 Å². The van der Waals surface area contributed by atoms with E-state index in [9.17, 15) is 18.8 Å². The van der Waals surface area contributed by atoms with Crippen LogP contribution in [0.2, 0.25) is 0 Å². The van der Waals surface area contributed by atoms with Crippen LogP contribution in [-0.2, 0) is 11.3 Å². The fraction of sp³-hybridized carbons (Fsp3) is 0.393. The molecule has 0 radical (unpaired) electrons. The fourth-order valence-corrected chi connectivity index (χ4v) is 6.11. The molecular formula is C28H30FN3O3S. The van der Waals surface area contributed by atoms with Crippen molar-refractivity contribution in [1.82, 2.24) is 14.7 Å². The van der Waals surface area contributed by atoms with Crippen LogP contribution in [0.5, 0.6) is 0 Å². The molecule has 0 aliphatic carbocycles. The maximum absolute atomic E-state index is 13.5. The number of benzene rings is 2. The largest absolute Gasteiger partial charge is 0.339 e. The molecule has 0 bridgehead atoms. The molecule has 5 rings (SSSR count). The van der Waals surface area contributed by atoms with E-state index in [-0.39, 0.29) is 17.7 Å². The van der Waals surface area contributed by atoms with E-state index >= 15 is 0 Å². The average molecular weight is 508 g/mol. The molecule has 0 atom stereocenters. The molecule has 3 fully saturated rings. The second-order valence-electron chi connectivity index (χ2n) is 9.64. The lowest BCUT2D eigenvalue weighted by atomic mass is 9.99. The molecule has 3 saturated heterocycles. The van der Waals surface area contributed by atoms with E-state index in [1.54, 1.807) is 36.4 Å².